The van der Waals surface area contributed by atoms with Crippen LogP contribution in [0.25, 0.3) is 0 Å². The van der Waals surface area contributed by atoms with Gasteiger partial charge in [-0.3, -0.25) is 0 Å². The van der Waals surface area contributed by atoms with Crippen LogP contribution in [0.1, 0.15) is 22.2 Å². The van der Waals surface area contributed by atoms with Crippen molar-refractivity contribution in [3.05, 3.63) is 57.5 Å². The van der Waals surface area contributed by atoms with Gasteiger partial charge in [-0.05, 0) is 36.2 Å². The van der Waals surface area contributed by atoms with Crippen LogP contribution in [0.5, 0.6) is 0 Å². The number of thiophene rings is 1. The molecule has 0 unspecified atom stereocenters. The van der Waals surface area contributed by atoms with Crippen LogP contribution in [-0.2, 0) is 19.5 Å². The first-order chi connectivity index (χ1) is 8.28. The number of benzene rings is 1. The fourth-order valence-corrected chi connectivity index (χ4v) is 2.61. The highest BCUT2D eigenvalue weighted by Gasteiger charge is 1.99. The number of nitrogens with one attached hydrogen (secondary N) is 1. The summed E-state index contributed by atoms with van der Waals surface area (Å²) >= 11 is 1.83. The molecule has 0 atom stereocenters. The summed E-state index contributed by atoms with van der Waals surface area (Å²) in [6, 6.07) is 11.0. The zero-order chi connectivity index (χ0) is 12.1. The topological polar surface area (TPSA) is 12.0 Å². The minimum absolute atomic E-state index is 0.173. The van der Waals surface area contributed by atoms with E-state index in [1.807, 2.05) is 17.4 Å². The van der Waals surface area contributed by atoms with E-state index in [1.165, 1.54) is 15.8 Å². The smallest absolute Gasteiger partial charge is 0.123 e. The second kappa shape index (κ2) is 5.94. The maximum absolute atomic E-state index is 12.9. The number of hydrogen-bond acceptors (Lipinski definition) is 2. The van der Waals surface area contributed by atoms with Gasteiger partial charge in [0.1, 0.15) is 5.82 Å². The summed E-state index contributed by atoms with van der Waals surface area (Å²) in [7, 11) is 0. The molecule has 0 amide bonds. The average Bonchev–Trinajstić information content (AvgIpc) is 2.77. The summed E-state index contributed by atoms with van der Waals surface area (Å²) < 4.78 is 12.9. The largest absolute Gasteiger partial charge is 0.308 e. The molecule has 1 heterocycles. The van der Waals surface area contributed by atoms with Gasteiger partial charge in [0.2, 0.25) is 0 Å². The van der Waals surface area contributed by atoms with Crippen molar-refractivity contribution >= 4 is 11.3 Å². The van der Waals surface area contributed by atoms with Gasteiger partial charge in [0, 0.05) is 22.8 Å². The van der Waals surface area contributed by atoms with Crippen molar-refractivity contribution in [2.75, 3.05) is 0 Å². The van der Waals surface area contributed by atoms with Crippen molar-refractivity contribution in [2.45, 2.75) is 26.4 Å². The summed E-state index contributed by atoms with van der Waals surface area (Å²) in [4.78, 5) is 2.74. The molecule has 3 heteroatoms. The van der Waals surface area contributed by atoms with Gasteiger partial charge in [0.05, 0.1) is 0 Å². The fraction of sp³-hybridized carbons (Fsp3) is 0.286. The Kier molecular flexibility index (Phi) is 4.29. The summed E-state index contributed by atoms with van der Waals surface area (Å²) in [6.07, 6.45) is 1.09. The molecule has 1 aromatic carbocycles. The monoisotopic (exact) mass is 249 g/mol. The van der Waals surface area contributed by atoms with E-state index < -0.39 is 0 Å². The zero-order valence-electron chi connectivity index (χ0n) is 9.87. The number of halogens is 1. The molecule has 0 spiro atoms. The Morgan fingerprint density at radius 3 is 2.65 bits per heavy atom. The molecule has 2 rings (SSSR count). The van der Waals surface area contributed by atoms with Crippen LogP contribution in [0.15, 0.2) is 36.4 Å². The van der Waals surface area contributed by atoms with E-state index >= 15 is 0 Å². The first-order valence-corrected chi connectivity index (χ1v) is 6.62. The molecule has 0 aliphatic rings. The number of rotatable bonds is 5. The Morgan fingerprint density at radius 2 is 1.94 bits per heavy atom. The molecule has 0 aliphatic heterocycles. The van der Waals surface area contributed by atoms with Crippen LogP contribution in [0, 0.1) is 5.82 Å². The molecule has 0 saturated carbocycles. The predicted octanol–water partition coefficient (Wildman–Crippen LogP) is 3.74. The molecule has 17 heavy (non-hydrogen) atoms. The average molecular weight is 249 g/mol. The summed E-state index contributed by atoms with van der Waals surface area (Å²) in [6.45, 7) is 3.72. The Balaban J connectivity index is 1.83. The van der Waals surface area contributed by atoms with E-state index in [-0.39, 0.29) is 5.82 Å². The molecule has 0 aliphatic carbocycles. The maximum Gasteiger partial charge on any atom is 0.123 e. The third-order valence-corrected chi connectivity index (χ3v) is 3.81. The highest BCUT2D eigenvalue weighted by molar-refractivity contribution is 7.11. The standard InChI is InChI=1S/C14H16FNS/c1-2-13-6-7-14(17-13)10-16-9-11-4-3-5-12(15)8-11/h3-8,16H,2,9-10H2,1H3. The molecular weight excluding hydrogens is 233 g/mol. The van der Waals surface area contributed by atoms with Gasteiger partial charge < -0.3 is 5.32 Å². The quantitative estimate of drug-likeness (QED) is 0.851. The van der Waals surface area contributed by atoms with E-state index in [4.69, 9.17) is 0 Å². The van der Waals surface area contributed by atoms with Gasteiger partial charge in [-0.15, -0.1) is 11.3 Å². The molecule has 2 aromatic rings. The second-order valence-corrected chi connectivity index (χ2v) is 5.21. The molecule has 0 fully saturated rings. The second-order valence-electron chi connectivity index (χ2n) is 3.96. The van der Waals surface area contributed by atoms with E-state index in [2.05, 4.69) is 24.4 Å². The van der Waals surface area contributed by atoms with Crippen LogP contribution in [-0.4, -0.2) is 0 Å². The molecule has 90 valence electrons. The van der Waals surface area contributed by atoms with Gasteiger partial charge in [0.25, 0.3) is 0 Å². The minimum Gasteiger partial charge on any atom is -0.308 e. The molecule has 1 nitrogen and oxygen atoms in total. The third kappa shape index (κ3) is 3.65. The SMILES string of the molecule is CCc1ccc(CNCc2cccc(F)c2)s1. The fourth-order valence-electron chi connectivity index (χ4n) is 1.68. The van der Waals surface area contributed by atoms with Crippen molar-refractivity contribution in [2.24, 2.45) is 0 Å². The molecule has 1 N–H and O–H groups in total. The maximum atomic E-state index is 12.9. The summed E-state index contributed by atoms with van der Waals surface area (Å²) in [5.74, 6) is -0.173. The van der Waals surface area contributed by atoms with Crippen LogP contribution < -0.4 is 5.32 Å². The van der Waals surface area contributed by atoms with Gasteiger partial charge in [-0.25, -0.2) is 4.39 Å². The van der Waals surface area contributed by atoms with Gasteiger partial charge in [-0.2, -0.15) is 0 Å². The van der Waals surface area contributed by atoms with E-state index in [9.17, 15) is 4.39 Å². The van der Waals surface area contributed by atoms with E-state index in [0.717, 1.165) is 18.5 Å². The predicted molar refractivity (Wildman–Crippen MR) is 70.6 cm³/mol. The molecule has 1 aromatic heterocycles. The molecule has 0 radical (unpaired) electrons. The van der Waals surface area contributed by atoms with Crippen molar-refractivity contribution in [1.82, 2.24) is 5.32 Å². The summed E-state index contributed by atoms with van der Waals surface area (Å²) in [5.41, 5.74) is 0.984. The van der Waals surface area contributed by atoms with Crippen molar-refractivity contribution < 1.29 is 4.39 Å². The molecular formula is C14H16FNS. The van der Waals surface area contributed by atoms with Crippen molar-refractivity contribution in [1.29, 1.82) is 0 Å². The lowest BCUT2D eigenvalue weighted by atomic mass is 10.2. The highest BCUT2D eigenvalue weighted by atomic mass is 32.1. The first-order valence-electron chi connectivity index (χ1n) is 5.80. The molecule has 0 saturated heterocycles. The zero-order valence-corrected chi connectivity index (χ0v) is 10.7. The van der Waals surface area contributed by atoms with Crippen LogP contribution in [0.2, 0.25) is 0 Å². The Hall–Kier alpha value is -1.19. The Labute approximate surface area is 105 Å². The Morgan fingerprint density at radius 1 is 1.12 bits per heavy atom. The summed E-state index contributed by atoms with van der Waals surface area (Å²) in [5, 5.41) is 3.33. The lowest BCUT2D eigenvalue weighted by Gasteiger charge is -2.03. The lowest BCUT2D eigenvalue weighted by Crippen LogP contribution is -2.11. The van der Waals surface area contributed by atoms with Crippen molar-refractivity contribution in [3.8, 4) is 0 Å². The first kappa shape index (κ1) is 12.3. The van der Waals surface area contributed by atoms with Gasteiger partial charge in [0.15, 0.2) is 0 Å². The van der Waals surface area contributed by atoms with Crippen LogP contribution >= 0.6 is 11.3 Å². The highest BCUT2D eigenvalue weighted by Crippen LogP contribution is 2.16. The van der Waals surface area contributed by atoms with E-state index in [1.54, 1.807) is 12.1 Å². The normalized spacial score (nSPS) is 10.7. The minimum atomic E-state index is -0.173. The van der Waals surface area contributed by atoms with Crippen molar-refractivity contribution in [3.63, 3.8) is 0 Å². The van der Waals surface area contributed by atoms with Crippen LogP contribution in [0.3, 0.4) is 0 Å². The van der Waals surface area contributed by atoms with Gasteiger partial charge >= 0.3 is 0 Å². The van der Waals surface area contributed by atoms with Crippen LogP contribution in [0.4, 0.5) is 4.39 Å². The van der Waals surface area contributed by atoms with E-state index in [0.29, 0.717) is 6.54 Å². The Bertz CT molecular complexity index is 479. The number of hydrogen-bond donors (Lipinski definition) is 1. The van der Waals surface area contributed by atoms with Gasteiger partial charge in [-0.1, -0.05) is 19.1 Å². The number of aryl methyl sites for hydroxylation is 1. The molecule has 0 bridgehead atoms. The third-order valence-electron chi connectivity index (χ3n) is 2.58. The lowest BCUT2D eigenvalue weighted by molar-refractivity contribution is 0.620.